The standard InChI is InChI=1S/C13H14N4O3S/c1-2-17-12(20)15-16-13(17)21-10-8(11(18)19)6-7-4-3-5-9(7)14-10/h6H,2-5H2,1H3,(H,15,20)(H,18,19). The third kappa shape index (κ3) is 2.46. The number of hydrogen-bond acceptors (Lipinski definition) is 5. The molecule has 110 valence electrons. The van der Waals surface area contributed by atoms with Gasteiger partial charge >= 0.3 is 11.7 Å². The molecule has 0 aliphatic heterocycles. The minimum absolute atomic E-state index is 0.166. The lowest BCUT2D eigenvalue weighted by Gasteiger charge is -2.08. The molecule has 2 heterocycles. The van der Waals surface area contributed by atoms with E-state index in [1.807, 2.05) is 6.92 Å². The second-order valence-electron chi connectivity index (χ2n) is 4.76. The van der Waals surface area contributed by atoms with Gasteiger partial charge in [-0.15, -0.1) is 5.10 Å². The zero-order valence-electron chi connectivity index (χ0n) is 11.4. The highest BCUT2D eigenvalue weighted by molar-refractivity contribution is 7.99. The molecule has 0 amide bonds. The molecule has 8 heteroatoms. The van der Waals surface area contributed by atoms with E-state index in [1.165, 1.54) is 4.57 Å². The fourth-order valence-electron chi connectivity index (χ4n) is 2.43. The molecular weight excluding hydrogens is 292 g/mol. The van der Waals surface area contributed by atoms with Crippen molar-refractivity contribution in [1.29, 1.82) is 0 Å². The van der Waals surface area contributed by atoms with E-state index in [9.17, 15) is 14.7 Å². The molecule has 1 aliphatic carbocycles. The fourth-order valence-corrected chi connectivity index (χ4v) is 3.43. The van der Waals surface area contributed by atoms with Crippen molar-refractivity contribution in [3.8, 4) is 0 Å². The Balaban J connectivity index is 2.05. The first-order valence-electron chi connectivity index (χ1n) is 6.69. The van der Waals surface area contributed by atoms with Crippen molar-refractivity contribution in [2.24, 2.45) is 0 Å². The Morgan fingerprint density at radius 2 is 2.33 bits per heavy atom. The fraction of sp³-hybridized carbons (Fsp3) is 0.385. The second-order valence-corrected chi connectivity index (χ2v) is 5.72. The number of aromatic amines is 1. The summed E-state index contributed by atoms with van der Waals surface area (Å²) in [7, 11) is 0. The Morgan fingerprint density at radius 3 is 3.05 bits per heavy atom. The van der Waals surface area contributed by atoms with E-state index >= 15 is 0 Å². The summed E-state index contributed by atoms with van der Waals surface area (Å²) in [4.78, 5) is 27.5. The summed E-state index contributed by atoms with van der Waals surface area (Å²) in [5.74, 6) is -1.01. The van der Waals surface area contributed by atoms with Crippen molar-refractivity contribution in [2.45, 2.75) is 42.9 Å². The molecule has 0 saturated heterocycles. The van der Waals surface area contributed by atoms with E-state index in [-0.39, 0.29) is 11.3 Å². The van der Waals surface area contributed by atoms with Crippen molar-refractivity contribution >= 4 is 17.7 Å². The van der Waals surface area contributed by atoms with Crippen molar-refractivity contribution in [3.05, 3.63) is 33.4 Å². The average molecular weight is 306 g/mol. The summed E-state index contributed by atoms with van der Waals surface area (Å²) < 4.78 is 1.45. The van der Waals surface area contributed by atoms with E-state index in [4.69, 9.17) is 0 Å². The lowest BCUT2D eigenvalue weighted by atomic mass is 10.1. The molecule has 0 fully saturated rings. The van der Waals surface area contributed by atoms with Gasteiger partial charge in [-0.25, -0.2) is 19.7 Å². The maximum atomic E-state index is 11.6. The van der Waals surface area contributed by atoms with E-state index in [0.717, 1.165) is 42.3 Å². The first kappa shape index (κ1) is 13.9. The molecule has 7 nitrogen and oxygen atoms in total. The van der Waals surface area contributed by atoms with Crippen LogP contribution in [0.1, 0.15) is 35.0 Å². The van der Waals surface area contributed by atoms with Gasteiger partial charge in [0, 0.05) is 12.2 Å². The van der Waals surface area contributed by atoms with Crippen LogP contribution in [0.3, 0.4) is 0 Å². The second kappa shape index (κ2) is 5.36. The quantitative estimate of drug-likeness (QED) is 0.883. The number of rotatable bonds is 4. The Labute approximate surface area is 124 Å². The van der Waals surface area contributed by atoms with Gasteiger partial charge in [0.15, 0.2) is 5.16 Å². The molecule has 2 aromatic heterocycles. The summed E-state index contributed by atoms with van der Waals surface area (Å²) in [6, 6.07) is 1.70. The molecule has 0 saturated carbocycles. The van der Waals surface area contributed by atoms with Crippen LogP contribution >= 0.6 is 11.8 Å². The Bertz CT molecular complexity index is 765. The average Bonchev–Trinajstić information content (AvgIpc) is 3.04. The van der Waals surface area contributed by atoms with Crippen LogP contribution in [0.5, 0.6) is 0 Å². The highest BCUT2D eigenvalue weighted by Crippen LogP contribution is 2.31. The summed E-state index contributed by atoms with van der Waals surface area (Å²) >= 11 is 1.11. The van der Waals surface area contributed by atoms with Gasteiger partial charge in [0.2, 0.25) is 0 Å². The largest absolute Gasteiger partial charge is 0.478 e. The van der Waals surface area contributed by atoms with Crippen LogP contribution in [-0.4, -0.2) is 30.8 Å². The van der Waals surface area contributed by atoms with Crippen LogP contribution in [-0.2, 0) is 19.4 Å². The molecule has 0 atom stereocenters. The lowest BCUT2D eigenvalue weighted by molar-refractivity contribution is 0.0692. The number of carboxylic acids is 1. The van der Waals surface area contributed by atoms with Crippen LogP contribution < -0.4 is 5.69 Å². The number of nitrogens with one attached hydrogen (secondary N) is 1. The van der Waals surface area contributed by atoms with E-state index in [1.54, 1.807) is 6.07 Å². The summed E-state index contributed by atoms with van der Waals surface area (Å²) in [6.45, 7) is 2.29. The predicted octanol–water partition coefficient (Wildman–Crippen LogP) is 1.32. The van der Waals surface area contributed by atoms with Gasteiger partial charge in [-0.2, -0.15) is 0 Å². The topological polar surface area (TPSA) is 101 Å². The third-order valence-corrected chi connectivity index (χ3v) is 4.47. The van der Waals surface area contributed by atoms with Gasteiger partial charge in [-0.3, -0.25) is 4.57 Å². The number of fused-ring (bicyclic) bond motifs is 1. The van der Waals surface area contributed by atoms with Crippen molar-refractivity contribution < 1.29 is 9.90 Å². The van der Waals surface area contributed by atoms with E-state index in [2.05, 4.69) is 15.2 Å². The maximum Gasteiger partial charge on any atom is 0.343 e. The van der Waals surface area contributed by atoms with Crippen LogP contribution in [0.4, 0.5) is 0 Å². The van der Waals surface area contributed by atoms with E-state index in [0.29, 0.717) is 16.7 Å². The van der Waals surface area contributed by atoms with Crippen LogP contribution in [0.2, 0.25) is 0 Å². The molecule has 0 bridgehead atoms. The molecule has 0 radical (unpaired) electrons. The molecular formula is C13H14N4O3S. The number of aromatic nitrogens is 4. The first-order valence-corrected chi connectivity index (χ1v) is 7.51. The number of pyridine rings is 1. The smallest absolute Gasteiger partial charge is 0.343 e. The number of carbonyl (C=O) groups is 1. The van der Waals surface area contributed by atoms with Crippen LogP contribution in [0.25, 0.3) is 0 Å². The van der Waals surface area contributed by atoms with Crippen molar-refractivity contribution in [1.82, 2.24) is 19.7 Å². The summed E-state index contributed by atoms with van der Waals surface area (Å²) in [5.41, 5.74) is 1.81. The van der Waals surface area contributed by atoms with Gasteiger partial charge in [0.05, 0.1) is 5.56 Å². The zero-order chi connectivity index (χ0) is 15.0. The van der Waals surface area contributed by atoms with E-state index < -0.39 is 5.97 Å². The van der Waals surface area contributed by atoms with Crippen LogP contribution in [0, 0.1) is 0 Å². The molecule has 1 aliphatic rings. The minimum Gasteiger partial charge on any atom is -0.478 e. The number of aromatic carboxylic acids is 1. The van der Waals surface area contributed by atoms with Gasteiger partial charge in [-0.05, 0) is 49.6 Å². The Morgan fingerprint density at radius 1 is 1.52 bits per heavy atom. The van der Waals surface area contributed by atoms with Crippen molar-refractivity contribution in [3.63, 3.8) is 0 Å². The molecule has 0 unspecified atom stereocenters. The summed E-state index contributed by atoms with van der Waals surface area (Å²) in [5, 5.41) is 16.5. The molecule has 2 N–H and O–H groups in total. The number of nitrogens with zero attached hydrogens (tertiary/aromatic N) is 3. The number of H-pyrrole nitrogens is 1. The predicted molar refractivity (Wildman–Crippen MR) is 75.9 cm³/mol. The van der Waals surface area contributed by atoms with Gasteiger partial charge in [0.1, 0.15) is 5.03 Å². The highest BCUT2D eigenvalue weighted by Gasteiger charge is 2.22. The molecule has 3 rings (SSSR count). The monoisotopic (exact) mass is 306 g/mol. The molecule has 0 spiro atoms. The number of aryl methyl sites for hydroxylation is 2. The van der Waals surface area contributed by atoms with Crippen LogP contribution in [0.15, 0.2) is 21.0 Å². The summed E-state index contributed by atoms with van der Waals surface area (Å²) in [6.07, 6.45) is 2.73. The van der Waals surface area contributed by atoms with Crippen molar-refractivity contribution in [2.75, 3.05) is 0 Å². The third-order valence-electron chi connectivity index (χ3n) is 3.47. The normalized spacial score (nSPS) is 13.4. The Kier molecular flexibility index (Phi) is 3.54. The Hall–Kier alpha value is -2.09. The number of carboxylic acid groups (broad SMARTS) is 1. The first-order chi connectivity index (χ1) is 10.1. The zero-order valence-corrected chi connectivity index (χ0v) is 12.2. The van der Waals surface area contributed by atoms with Gasteiger partial charge in [-0.1, -0.05) is 0 Å². The van der Waals surface area contributed by atoms with Gasteiger partial charge < -0.3 is 5.11 Å². The molecule has 0 aromatic carbocycles. The molecule has 2 aromatic rings. The minimum atomic E-state index is -1.01. The lowest BCUT2D eigenvalue weighted by Crippen LogP contribution is -2.16. The highest BCUT2D eigenvalue weighted by atomic mass is 32.2. The maximum absolute atomic E-state index is 11.6. The van der Waals surface area contributed by atoms with Gasteiger partial charge in [0.25, 0.3) is 0 Å². The number of hydrogen-bond donors (Lipinski definition) is 2. The molecule has 21 heavy (non-hydrogen) atoms. The SMILES string of the molecule is CCn1c(Sc2nc3c(cc2C(=O)O)CCC3)n[nH]c1=O.